The molecular formula is C16H27NO3. The van der Waals surface area contributed by atoms with Gasteiger partial charge in [-0.2, -0.15) is 0 Å². The molecule has 1 aromatic rings. The van der Waals surface area contributed by atoms with Crippen molar-refractivity contribution in [3.05, 3.63) is 35.9 Å². The van der Waals surface area contributed by atoms with Crippen LogP contribution in [-0.4, -0.2) is 44.2 Å². The van der Waals surface area contributed by atoms with Crippen LogP contribution < -0.4 is 5.32 Å². The lowest BCUT2D eigenvalue weighted by atomic mass is 10.0. The third-order valence-corrected chi connectivity index (χ3v) is 3.10. The molecule has 0 saturated carbocycles. The number of nitrogens with one attached hydrogen (secondary N) is 1. The van der Waals surface area contributed by atoms with E-state index >= 15 is 0 Å². The molecule has 2 atom stereocenters. The fourth-order valence-corrected chi connectivity index (χ4v) is 2.00. The van der Waals surface area contributed by atoms with Crippen molar-refractivity contribution in [1.82, 2.24) is 5.32 Å². The Balaban J connectivity index is 2.20. The molecule has 0 amide bonds. The molecule has 4 heteroatoms. The second kappa shape index (κ2) is 10.8. The number of hydrogen-bond acceptors (Lipinski definition) is 4. The molecule has 0 saturated heterocycles. The fraction of sp³-hybridized carbons (Fsp3) is 0.625. The molecule has 2 unspecified atom stereocenters. The van der Waals surface area contributed by atoms with Gasteiger partial charge in [-0.3, -0.25) is 0 Å². The Kier molecular flexibility index (Phi) is 9.24. The van der Waals surface area contributed by atoms with Gasteiger partial charge in [0.15, 0.2) is 0 Å². The van der Waals surface area contributed by atoms with Gasteiger partial charge in [0.1, 0.15) is 0 Å². The van der Waals surface area contributed by atoms with E-state index in [1.807, 2.05) is 25.1 Å². The first-order chi connectivity index (χ1) is 9.77. The average molecular weight is 281 g/mol. The van der Waals surface area contributed by atoms with E-state index in [-0.39, 0.29) is 6.04 Å². The summed E-state index contributed by atoms with van der Waals surface area (Å²) in [5.41, 5.74) is 1.25. The molecule has 20 heavy (non-hydrogen) atoms. The SMILES string of the molecule is CCOCCOCC(O)CNC(CC)c1ccccc1. The van der Waals surface area contributed by atoms with E-state index in [1.165, 1.54) is 5.56 Å². The third kappa shape index (κ3) is 7.01. The molecule has 0 aromatic heterocycles. The predicted octanol–water partition coefficient (Wildman–Crippen LogP) is 2.14. The maximum absolute atomic E-state index is 9.87. The number of hydrogen-bond donors (Lipinski definition) is 2. The molecule has 2 N–H and O–H groups in total. The molecular weight excluding hydrogens is 254 g/mol. The summed E-state index contributed by atoms with van der Waals surface area (Å²) in [4.78, 5) is 0. The minimum absolute atomic E-state index is 0.272. The van der Waals surface area contributed by atoms with Crippen LogP contribution in [0.5, 0.6) is 0 Å². The Bertz CT molecular complexity index is 332. The van der Waals surface area contributed by atoms with E-state index < -0.39 is 6.10 Å². The Labute approximate surface area is 122 Å². The summed E-state index contributed by atoms with van der Waals surface area (Å²) in [6.45, 7) is 6.76. The molecule has 0 bridgehead atoms. The Morgan fingerprint density at radius 1 is 1.10 bits per heavy atom. The fourth-order valence-electron chi connectivity index (χ4n) is 2.00. The van der Waals surface area contributed by atoms with E-state index in [4.69, 9.17) is 9.47 Å². The van der Waals surface area contributed by atoms with Gasteiger partial charge in [-0.25, -0.2) is 0 Å². The average Bonchev–Trinajstić information content (AvgIpc) is 2.49. The van der Waals surface area contributed by atoms with Crippen LogP contribution in [-0.2, 0) is 9.47 Å². The molecule has 1 aromatic carbocycles. The summed E-state index contributed by atoms with van der Waals surface area (Å²) in [6.07, 6.45) is 0.497. The van der Waals surface area contributed by atoms with Gasteiger partial charge in [-0.1, -0.05) is 37.3 Å². The van der Waals surface area contributed by atoms with Crippen molar-refractivity contribution in [1.29, 1.82) is 0 Å². The van der Waals surface area contributed by atoms with Crippen molar-refractivity contribution < 1.29 is 14.6 Å². The normalized spacial score (nSPS) is 14.2. The molecule has 0 aliphatic rings. The molecule has 0 heterocycles. The van der Waals surface area contributed by atoms with Gasteiger partial charge >= 0.3 is 0 Å². The molecule has 0 radical (unpaired) electrons. The topological polar surface area (TPSA) is 50.7 Å². The lowest BCUT2D eigenvalue weighted by Crippen LogP contribution is -2.33. The Morgan fingerprint density at radius 2 is 1.80 bits per heavy atom. The highest BCUT2D eigenvalue weighted by molar-refractivity contribution is 5.18. The van der Waals surface area contributed by atoms with E-state index in [2.05, 4.69) is 24.4 Å². The first-order valence-electron chi connectivity index (χ1n) is 7.39. The zero-order valence-corrected chi connectivity index (χ0v) is 12.5. The highest BCUT2D eigenvalue weighted by Gasteiger charge is 2.11. The number of ether oxygens (including phenoxy) is 2. The van der Waals surface area contributed by atoms with Crippen LogP contribution in [0.2, 0.25) is 0 Å². The molecule has 0 fully saturated rings. The van der Waals surface area contributed by atoms with Crippen LogP contribution in [0.15, 0.2) is 30.3 Å². The van der Waals surface area contributed by atoms with Crippen LogP contribution in [0, 0.1) is 0 Å². The molecule has 1 rings (SSSR count). The predicted molar refractivity (Wildman–Crippen MR) is 80.8 cm³/mol. The van der Waals surface area contributed by atoms with Crippen molar-refractivity contribution in [3.8, 4) is 0 Å². The maximum Gasteiger partial charge on any atom is 0.0897 e. The number of aliphatic hydroxyl groups excluding tert-OH is 1. The zero-order valence-electron chi connectivity index (χ0n) is 12.5. The first-order valence-corrected chi connectivity index (χ1v) is 7.39. The summed E-state index contributed by atoms with van der Waals surface area (Å²) in [5, 5.41) is 13.2. The molecule has 0 aliphatic carbocycles. The van der Waals surface area contributed by atoms with Gasteiger partial charge in [0.2, 0.25) is 0 Å². The Hall–Kier alpha value is -0.940. The van der Waals surface area contributed by atoms with Crippen LogP contribution >= 0.6 is 0 Å². The van der Waals surface area contributed by atoms with Crippen LogP contribution in [0.3, 0.4) is 0 Å². The molecule has 4 nitrogen and oxygen atoms in total. The second-order valence-electron chi connectivity index (χ2n) is 4.71. The quantitative estimate of drug-likeness (QED) is 0.610. The minimum atomic E-state index is -0.491. The van der Waals surface area contributed by atoms with Gasteiger partial charge in [-0.15, -0.1) is 0 Å². The summed E-state index contributed by atoms with van der Waals surface area (Å²) in [5.74, 6) is 0. The summed E-state index contributed by atoms with van der Waals surface area (Å²) in [7, 11) is 0. The van der Waals surface area contributed by atoms with Crippen molar-refractivity contribution in [2.24, 2.45) is 0 Å². The van der Waals surface area contributed by atoms with Gasteiger partial charge in [0.25, 0.3) is 0 Å². The van der Waals surface area contributed by atoms with Gasteiger partial charge in [0.05, 0.1) is 25.9 Å². The van der Waals surface area contributed by atoms with Gasteiger partial charge < -0.3 is 19.9 Å². The smallest absolute Gasteiger partial charge is 0.0897 e. The van der Waals surface area contributed by atoms with Crippen molar-refractivity contribution in [2.45, 2.75) is 32.4 Å². The zero-order chi connectivity index (χ0) is 14.6. The van der Waals surface area contributed by atoms with Crippen molar-refractivity contribution >= 4 is 0 Å². The van der Waals surface area contributed by atoms with Crippen LogP contribution in [0.4, 0.5) is 0 Å². The standard InChI is InChI=1S/C16H27NO3/c1-3-16(14-8-6-5-7-9-14)17-12-15(18)13-20-11-10-19-4-2/h5-9,15-18H,3-4,10-13H2,1-2H3. The first kappa shape index (κ1) is 17.1. The monoisotopic (exact) mass is 281 g/mol. The highest BCUT2D eigenvalue weighted by Crippen LogP contribution is 2.15. The number of rotatable bonds is 11. The van der Waals surface area contributed by atoms with E-state index in [9.17, 15) is 5.11 Å². The highest BCUT2D eigenvalue weighted by atomic mass is 16.5. The molecule has 0 spiro atoms. The number of aliphatic hydroxyl groups is 1. The Morgan fingerprint density at radius 3 is 2.45 bits per heavy atom. The number of benzene rings is 1. The van der Waals surface area contributed by atoms with Gasteiger partial charge in [0, 0.05) is 19.2 Å². The van der Waals surface area contributed by atoms with Crippen molar-refractivity contribution in [2.75, 3.05) is 33.0 Å². The van der Waals surface area contributed by atoms with Crippen LogP contribution in [0.25, 0.3) is 0 Å². The molecule has 0 aliphatic heterocycles. The lowest BCUT2D eigenvalue weighted by Gasteiger charge is -2.20. The summed E-state index contributed by atoms with van der Waals surface area (Å²) >= 11 is 0. The second-order valence-corrected chi connectivity index (χ2v) is 4.71. The lowest BCUT2D eigenvalue weighted by molar-refractivity contribution is 0.00568. The maximum atomic E-state index is 9.87. The van der Waals surface area contributed by atoms with Crippen molar-refractivity contribution in [3.63, 3.8) is 0 Å². The van der Waals surface area contributed by atoms with E-state index in [0.717, 1.165) is 6.42 Å². The summed E-state index contributed by atoms with van der Waals surface area (Å²) in [6, 6.07) is 10.6. The largest absolute Gasteiger partial charge is 0.389 e. The summed E-state index contributed by atoms with van der Waals surface area (Å²) < 4.78 is 10.5. The molecule has 114 valence electrons. The van der Waals surface area contributed by atoms with Gasteiger partial charge in [-0.05, 0) is 18.9 Å². The third-order valence-electron chi connectivity index (χ3n) is 3.10. The van der Waals surface area contributed by atoms with Crippen LogP contribution in [0.1, 0.15) is 31.9 Å². The van der Waals surface area contributed by atoms with E-state index in [0.29, 0.717) is 33.0 Å². The minimum Gasteiger partial charge on any atom is -0.389 e. The van der Waals surface area contributed by atoms with E-state index in [1.54, 1.807) is 0 Å².